The van der Waals surface area contributed by atoms with Crippen LogP contribution in [0.2, 0.25) is 0 Å². The fraction of sp³-hybridized carbons (Fsp3) is 0.882. The van der Waals surface area contributed by atoms with Gasteiger partial charge in [-0.25, -0.2) is 0 Å². The Hall–Kier alpha value is -0.300. The molecule has 1 nitrogen and oxygen atoms in total. The lowest BCUT2D eigenvalue weighted by Gasteiger charge is -2.46. The Morgan fingerprint density at radius 2 is 2.06 bits per heavy atom. The van der Waals surface area contributed by atoms with E-state index < -0.39 is 0 Å². The molecule has 1 N–H and O–H groups in total. The molecule has 0 aliphatic heterocycles. The fourth-order valence-corrected chi connectivity index (χ4v) is 5.12. The number of hydrogen-bond donors (Lipinski definition) is 1. The van der Waals surface area contributed by atoms with Crippen molar-refractivity contribution >= 4 is 0 Å². The molecule has 0 spiro atoms. The zero-order chi connectivity index (χ0) is 12.8. The van der Waals surface area contributed by atoms with Crippen molar-refractivity contribution in [1.29, 1.82) is 0 Å². The maximum Gasteiger partial charge on any atom is 0.0158 e. The van der Waals surface area contributed by atoms with Crippen LogP contribution in [0.4, 0.5) is 0 Å². The predicted molar refractivity (Wildman–Crippen MR) is 77.5 cm³/mol. The van der Waals surface area contributed by atoms with E-state index in [9.17, 15) is 0 Å². The van der Waals surface area contributed by atoms with Gasteiger partial charge in [0.05, 0.1) is 0 Å². The van der Waals surface area contributed by atoms with Crippen molar-refractivity contribution in [3.63, 3.8) is 0 Å². The SMILES string of the molecule is C=C(C)CCCNC1(C)CC2CC3CC(C1)C3C2. The first-order valence-corrected chi connectivity index (χ1v) is 7.95. The van der Waals surface area contributed by atoms with Crippen molar-refractivity contribution in [3.8, 4) is 0 Å². The van der Waals surface area contributed by atoms with Crippen LogP contribution < -0.4 is 5.32 Å². The number of fused-ring (bicyclic) bond motifs is 1. The smallest absolute Gasteiger partial charge is 0.0158 e. The van der Waals surface area contributed by atoms with Crippen LogP contribution in [0, 0.1) is 23.7 Å². The second-order valence-corrected chi connectivity index (χ2v) is 7.71. The first-order chi connectivity index (χ1) is 8.56. The van der Waals surface area contributed by atoms with Crippen LogP contribution in [-0.4, -0.2) is 12.1 Å². The van der Waals surface area contributed by atoms with Gasteiger partial charge in [-0.15, -0.1) is 6.58 Å². The van der Waals surface area contributed by atoms with Gasteiger partial charge in [0.25, 0.3) is 0 Å². The summed E-state index contributed by atoms with van der Waals surface area (Å²) in [6.45, 7) is 9.80. The van der Waals surface area contributed by atoms with E-state index in [0.29, 0.717) is 5.54 Å². The molecule has 0 heterocycles. The highest BCUT2D eigenvalue weighted by atomic mass is 15.0. The average molecular weight is 247 g/mol. The maximum atomic E-state index is 3.99. The molecule has 0 radical (unpaired) electrons. The van der Waals surface area contributed by atoms with Crippen LogP contribution in [0.15, 0.2) is 12.2 Å². The monoisotopic (exact) mass is 247 g/mol. The van der Waals surface area contributed by atoms with Gasteiger partial charge in [0.1, 0.15) is 0 Å². The Balaban J connectivity index is 1.52. The summed E-state index contributed by atoms with van der Waals surface area (Å²) in [7, 11) is 0. The third-order valence-electron chi connectivity index (χ3n) is 5.84. The lowest BCUT2D eigenvalue weighted by molar-refractivity contribution is 0.0623. The summed E-state index contributed by atoms with van der Waals surface area (Å²) < 4.78 is 0. The van der Waals surface area contributed by atoms with Gasteiger partial charge >= 0.3 is 0 Å². The zero-order valence-electron chi connectivity index (χ0n) is 12.2. The van der Waals surface area contributed by atoms with Crippen molar-refractivity contribution in [1.82, 2.24) is 5.32 Å². The molecule has 102 valence electrons. The van der Waals surface area contributed by atoms with Gasteiger partial charge < -0.3 is 5.32 Å². The molecular formula is C17H29N. The molecule has 0 aromatic rings. The van der Waals surface area contributed by atoms with Crippen LogP contribution in [0.1, 0.15) is 58.8 Å². The summed E-state index contributed by atoms with van der Waals surface area (Å²) in [4.78, 5) is 0. The lowest BCUT2D eigenvalue weighted by atomic mass is 9.62. The topological polar surface area (TPSA) is 12.0 Å². The van der Waals surface area contributed by atoms with Gasteiger partial charge in [0.2, 0.25) is 0 Å². The molecule has 3 saturated carbocycles. The van der Waals surface area contributed by atoms with Crippen LogP contribution in [0.5, 0.6) is 0 Å². The van der Waals surface area contributed by atoms with Crippen molar-refractivity contribution < 1.29 is 0 Å². The Kier molecular flexibility index (Phi) is 3.30. The normalized spacial score (nSPS) is 45.4. The van der Waals surface area contributed by atoms with Gasteiger partial charge in [-0.2, -0.15) is 0 Å². The Bertz CT molecular complexity index is 329. The molecule has 3 fully saturated rings. The molecule has 2 bridgehead atoms. The van der Waals surface area contributed by atoms with Gasteiger partial charge in [-0.1, -0.05) is 5.57 Å². The van der Waals surface area contributed by atoms with Crippen molar-refractivity contribution in [2.75, 3.05) is 6.54 Å². The highest BCUT2D eigenvalue weighted by molar-refractivity contribution is 5.05. The third kappa shape index (κ3) is 2.39. The Morgan fingerprint density at radius 1 is 1.22 bits per heavy atom. The maximum absolute atomic E-state index is 3.99. The minimum atomic E-state index is 0.435. The fourth-order valence-electron chi connectivity index (χ4n) is 5.12. The highest BCUT2D eigenvalue weighted by Crippen LogP contribution is 2.60. The summed E-state index contributed by atoms with van der Waals surface area (Å²) in [6.07, 6.45) is 9.96. The first kappa shape index (κ1) is 12.7. The minimum Gasteiger partial charge on any atom is -0.311 e. The molecular weight excluding hydrogens is 218 g/mol. The molecule has 0 aromatic carbocycles. The largest absolute Gasteiger partial charge is 0.311 e. The third-order valence-corrected chi connectivity index (χ3v) is 5.84. The highest BCUT2D eigenvalue weighted by Gasteiger charge is 2.53. The standard InChI is InChI=1S/C17H29N/c1-12(2)5-4-6-18-17(3)10-13-7-14-9-15(11-17)16(14)8-13/h13-16,18H,1,4-11H2,2-3H3. The second kappa shape index (κ2) is 4.67. The summed E-state index contributed by atoms with van der Waals surface area (Å²) >= 11 is 0. The summed E-state index contributed by atoms with van der Waals surface area (Å²) in [6, 6.07) is 0. The average Bonchev–Trinajstić information content (AvgIpc) is 2.52. The summed E-state index contributed by atoms with van der Waals surface area (Å²) in [5.41, 5.74) is 1.76. The summed E-state index contributed by atoms with van der Waals surface area (Å²) in [5.74, 6) is 4.34. The van der Waals surface area contributed by atoms with E-state index in [0.717, 1.165) is 23.7 Å². The predicted octanol–water partition coefficient (Wildman–Crippen LogP) is 4.15. The van der Waals surface area contributed by atoms with Crippen LogP contribution in [-0.2, 0) is 0 Å². The quantitative estimate of drug-likeness (QED) is 0.568. The van der Waals surface area contributed by atoms with E-state index >= 15 is 0 Å². The van der Waals surface area contributed by atoms with Gasteiger partial charge in [-0.05, 0) is 89.0 Å². The number of nitrogens with one attached hydrogen (secondary N) is 1. The molecule has 3 rings (SSSR count). The Labute approximate surface area is 112 Å². The van der Waals surface area contributed by atoms with Crippen molar-refractivity contribution in [3.05, 3.63) is 12.2 Å². The van der Waals surface area contributed by atoms with Crippen molar-refractivity contribution in [2.45, 2.75) is 64.3 Å². The van der Waals surface area contributed by atoms with Gasteiger partial charge in [0, 0.05) is 5.54 Å². The molecule has 3 aliphatic rings. The zero-order valence-corrected chi connectivity index (χ0v) is 12.2. The molecule has 1 heteroatoms. The molecule has 5 atom stereocenters. The minimum absolute atomic E-state index is 0.435. The molecule has 5 unspecified atom stereocenters. The number of hydrogen-bond acceptors (Lipinski definition) is 1. The summed E-state index contributed by atoms with van der Waals surface area (Å²) in [5, 5.41) is 3.89. The molecule has 0 saturated heterocycles. The lowest BCUT2D eigenvalue weighted by Crippen LogP contribution is -2.48. The van der Waals surface area contributed by atoms with E-state index in [4.69, 9.17) is 0 Å². The Morgan fingerprint density at radius 3 is 2.83 bits per heavy atom. The number of rotatable bonds is 5. The van der Waals surface area contributed by atoms with E-state index in [1.165, 1.54) is 37.8 Å². The molecule has 0 amide bonds. The van der Waals surface area contributed by atoms with E-state index in [1.807, 2.05) is 0 Å². The molecule has 3 aliphatic carbocycles. The second-order valence-electron chi connectivity index (χ2n) is 7.71. The van der Waals surface area contributed by atoms with Gasteiger partial charge in [-0.3, -0.25) is 0 Å². The van der Waals surface area contributed by atoms with Crippen LogP contribution in [0.3, 0.4) is 0 Å². The first-order valence-electron chi connectivity index (χ1n) is 7.95. The van der Waals surface area contributed by atoms with Crippen LogP contribution in [0.25, 0.3) is 0 Å². The van der Waals surface area contributed by atoms with Crippen LogP contribution >= 0.6 is 0 Å². The van der Waals surface area contributed by atoms with E-state index in [1.54, 1.807) is 19.3 Å². The van der Waals surface area contributed by atoms with Gasteiger partial charge in [0.15, 0.2) is 0 Å². The van der Waals surface area contributed by atoms with E-state index in [2.05, 4.69) is 25.7 Å². The molecule has 0 aromatic heterocycles. The number of allylic oxidation sites excluding steroid dienone is 1. The van der Waals surface area contributed by atoms with Crippen molar-refractivity contribution in [2.24, 2.45) is 23.7 Å². The van der Waals surface area contributed by atoms with E-state index in [-0.39, 0.29) is 0 Å². The molecule has 18 heavy (non-hydrogen) atoms.